The zero-order valence-corrected chi connectivity index (χ0v) is 12.8. The van der Waals surface area contributed by atoms with Crippen molar-refractivity contribution in [2.45, 2.75) is 44.8 Å². The van der Waals surface area contributed by atoms with E-state index >= 15 is 0 Å². The van der Waals surface area contributed by atoms with E-state index in [2.05, 4.69) is 4.90 Å². The maximum atomic E-state index is 11.3. The summed E-state index contributed by atoms with van der Waals surface area (Å²) in [6, 6.07) is 1.39. The number of nitrogens with two attached hydrogens (primary N) is 1. The first-order valence-electron chi connectivity index (χ1n) is 7.53. The first-order chi connectivity index (χ1) is 10.3. The van der Waals surface area contributed by atoms with Gasteiger partial charge in [0.05, 0.1) is 22.8 Å². The monoisotopic (exact) mass is 307 g/mol. The van der Waals surface area contributed by atoms with E-state index in [0.717, 1.165) is 31.5 Å². The van der Waals surface area contributed by atoms with Gasteiger partial charge in [-0.15, -0.1) is 0 Å². The number of nitro benzene ring substituents is 1. The zero-order chi connectivity index (χ0) is 16.1. The lowest BCUT2D eigenvalue weighted by Crippen LogP contribution is -2.46. The van der Waals surface area contributed by atoms with Crippen LogP contribution in [-0.2, 0) is 6.42 Å². The van der Waals surface area contributed by atoms with Gasteiger partial charge in [-0.3, -0.25) is 10.1 Å². The van der Waals surface area contributed by atoms with Crippen LogP contribution in [0.15, 0.2) is 6.07 Å². The Bertz CT molecular complexity index is 624. The van der Waals surface area contributed by atoms with Crippen LogP contribution in [0.2, 0.25) is 0 Å². The van der Waals surface area contributed by atoms with Gasteiger partial charge in [-0.25, -0.2) is 0 Å². The van der Waals surface area contributed by atoms with E-state index in [1.54, 1.807) is 13.8 Å². The Kier molecular flexibility index (Phi) is 3.40. The summed E-state index contributed by atoms with van der Waals surface area (Å²) in [4.78, 5) is 12.9. The Morgan fingerprint density at radius 2 is 2.09 bits per heavy atom. The molecule has 0 amide bonds. The van der Waals surface area contributed by atoms with Gasteiger partial charge in [0.15, 0.2) is 0 Å². The Morgan fingerprint density at radius 1 is 1.45 bits per heavy atom. The minimum absolute atomic E-state index is 0.132. The van der Waals surface area contributed by atoms with E-state index in [9.17, 15) is 15.2 Å². The van der Waals surface area contributed by atoms with Gasteiger partial charge in [-0.05, 0) is 26.7 Å². The number of nitrogen functional groups attached to an aromatic ring is 1. The number of hydrogen-bond acceptors (Lipinski definition) is 6. The van der Waals surface area contributed by atoms with E-state index in [4.69, 9.17) is 10.5 Å². The van der Waals surface area contributed by atoms with E-state index < -0.39 is 16.6 Å². The third kappa shape index (κ3) is 2.25. The molecule has 1 saturated heterocycles. The number of hydrogen-bond donors (Lipinski definition) is 2. The Labute approximate surface area is 128 Å². The summed E-state index contributed by atoms with van der Waals surface area (Å²) in [5.41, 5.74) is 6.78. The normalized spacial score (nSPS) is 23.0. The summed E-state index contributed by atoms with van der Waals surface area (Å²) in [7, 11) is 0. The van der Waals surface area contributed by atoms with Crippen LogP contribution in [0.1, 0.15) is 32.3 Å². The molecule has 7 heteroatoms. The Morgan fingerprint density at radius 3 is 2.68 bits per heavy atom. The third-order valence-electron chi connectivity index (χ3n) is 4.57. The molecular formula is C15H21N3O4. The largest absolute Gasteiger partial charge is 0.485 e. The number of rotatable bonds is 2. The number of fused-ring (bicyclic) bond motifs is 1. The fourth-order valence-electron chi connectivity index (χ4n) is 3.22. The second-order valence-corrected chi connectivity index (χ2v) is 6.51. The third-order valence-corrected chi connectivity index (χ3v) is 4.57. The molecule has 3 N–H and O–H groups in total. The number of nitro groups is 1. The molecule has 120 valence electrons. The van der Waals surface area contributed by atoms with Gasteiger partial charge in [0.1, 0.15) is 17.0 Å². The molecular weight excluding hydrogens is 286 g/mol. The van der Waals surface area contributed by atoms with Gasteiger partial charge < -0.3 is 20.5 Å². The van der Waals surface area contributed by atoms with Gasteiger partial charge >= 0.3 is 0 Å². The maximum Gasteiger partial charge on any atom is 0.297 e. The van der Waals surface area contributed by atoms with Gasteiger partial charge in [0.25, 0.3) is 5.69 Å². The molecule has 0 bridgehead atoms. The zero-order valence-electron chi connectivity index (χ0n) is 12.8. The van der Waals surface area contributed by atoms with Crippen molar-refractivity contribution in [3.05, 3.63) is 21.7 Å². The lowest BCUT2D eigenvalue weighted by Gasteiger charge is -2.39. The summed E-state index contributed by atoms with van der Waals surface area (Å²) < 4.78 is 5.84. The van der Waals surface area contributed by atoms with Crippen LogP contribution in [0.25, 0.3) is 0 Å². The van der Waals surface area contributed by atoms with Crippen molar-refractivity contribution < 1.29 is 14.8 Å². The van der Waals surface area contributed by atoms with E-state index in [1.165, 1.54) is 6.07 Å². The maximum absolute atomic E-state index is 11.3. The molecule has 1 atom stereocenters. The summed E-state index contributed by atoms with van der Waals surface area (Å²) >= 11 is 0. The van der Waals surface area contributed by atoms with Crippen molar-refractivity contribution in [1.29, 1.82) is 0 Å². The number of aliphatic hydroxyl groups is 1. The summed E-state index contributed by atoms with van der Waals surface area (Å²) in [5, 5.41) is 21.6. The number of anilines is 2. The average Bonchev–Trinajstić information content (AvgIpc) is 2.93. The molecule has 0 aromatic heterocycles. The molecule has 2 heterocycles. The van der Waals surface area contributed by atoms with Crippen molar-refractivity contribution in [2.75, 3.05) is 23.7 Å². The predicted molar refractivity (Wildman–Crippen MR) is 83.4 cm³/mol. The van der Waals surface area contributed by atoms with Gasteiger partial charge in [0, 0.05) is 25.1 Å². The second kappa shape index (κ2) is 5.01. The molecule has 1 fully saturated rings. The van der Waals surface area contributed by atoms with Crippen LogP contribution in [0.5, 0.6) is 5.75 Å². The van der Waals surface area contributed by atoms with Gasteiger partial charge in [0.2, 0.25) is 0 Å². The average molecular weight is 307 g/mol. The smallest absolute Gasteiger partial charge is 0.297 e. The molecule has 3 rings (SSSR count). The number of aliphatic hydroxyl groups excluding tert-OH is 1. The van der Waals surface area contributed by atoms with Crippen LogP contribution >= 0.6 is 0 Å². The van der Waals surface area contributed by atoms with Gasteiger partial charge in [-0.1, -0.05) is 0 Å². The highest BCUT2D eigenvalue weighted by atomic mass is 16.6. The highest BCUT2D eigenvalue weighted by Gasteiger charge is 2.40. The highest BCUT2D eigenvalue weighted by molar-refractivity contribution is 5.83. The SMILES string of the molecule is CC1(C)Oc2cc([N+](=O)[O-])c(N)c(N3CCCC3)c2C[C@@H]1O. The van der Waals surface area contributed by atoms with Crippen LogP contribution in [0, 0.1) is 10.1 Å². The molecule has 0 unspecified atom stereocenters. The summed E-state index contributed by atoms with van der Waals surface area (Å²) in [6.07, 6.45) is 1.77. The molecule has 0 radical (unpaired) electrons. The van der Waals surface area contributed by atoms with Crippen LogP contribution in [0.3, 0.4) is 0 Å². The Hall–Kier alpha value is -2.02. The van der Waals surface area contributed by atoms with Crippen LogP contribution < -0.4 is 15.4 Å². The van der Waals surface area contributed by atoms with E-state index in [0.29, 0.717) is 17.9 Å². The van der Waals surface area contributed by atoms with Gasteiger partial charge in [-0.2, -0.15) is 0 Å². The minimum Gasteiger partial charge on any atom is -0.485 e. The Balaban J connectivity index is 2.19. The van der Waals surface area contributed by atoms with Crippen molar-refractivity contribution in [3.8, 4) is 5.75 Å². The topological polar surface area (TPSA) is 102 Å². The first-order valence-corrected chi connectivity index (χ1v) is 7.53. The number of ether oxygens (including phenoxy) is 1. The minimum atomic E-state index is -0.779. The van der Waals surface area contributed by atoms with Crippen LogP contribution in [-0.4, -0.2) is 34.8 Å². The van der Waals surface area contributed by atoms with Crippen molar-refractivity contribution in [3.63, 3.8) is 0 Å². The molecule has 1 aromatic rings. The first kappa shape index (κ1) is 14.9. The number of benzene rings is 1. The standard InChI is InChI=1S/C15H21N3O4/c1-15(2)12(19)7-9-11(22-15)8-10(18(20)21)13(16)14(9)17-5-3-4-6-17/h8,12,19H,3-7,16H2,1-2H3/t12-/m0/s1. The fraction of sp³-hybridized carbons (Fsp3) is 0.600. The lowest BCUT2D eigenvalue weighted by molar-refractivity contribution is -0.384. The van der Waals surface area contributed by atoms with E-state index in [-0.39, 0.29) is 11.4 Å². The molecule has 22 heavy (non-hydrogen) atoms. The highest BCUT2D eigenvalue weighted by Crippen LogP contribution is 2.47. The number of nitrogens with zero attached hydrogens (tertiary/aromatic N) is 2. The second-order valence-electron chi connectivity index (χ2n) is 6.51. The molecule has 0 spiro atoms. The van der Waals surface area contributed by atoms with Crippen molar-refractivity contribution in [2.24, 2.45) is 0 Å². The fourth-order valence-corrected chi connectivity index (χ4v) is 3.22. The summed E-state index contributed by atoms with van der Waals surface area (Å²) in [5.74, 6) is 0.457. The molecule has 0 aliphatic carbocycles. The van der Waals surface area contributed by atoms with E-state index in [1.807, 2.05) is 0 Å². The van der Waals surface area contributed by atoms with Crippen LogP contribution in [0.4, 0.5) is 17.1 Å². The lowest BCUT2D eigenvalue weighted by atomic mass is 9.89. The molecule has 2 aliphatic rings. The molecule has 2 aliphatic heterocycles. The molecule has 0 saturated carbocycles. The molecule has 1 aromatic carbocycles. The summed E-state index contributed by atoms with van der Waals surface area (Å²) in [6.45, 7) is 5.19. The van der Waals surface area contributed by atoms with Crippen molar-refractivity contribution >= 4 is 17.1 Å². The predicted octanol–water partition coefficient (Wildman–Crippen LogP) is 1.85. The quantitative estimate of drug-likeness (QED) is 0.491. The molecule has 7 nitrogen and oxygen atoms in total. The van der Waals surface area contributed by atoms with Crippen molar-refractivity contribution in [1.82, 2.24) is 0 Å².